The number of nitrogens with one attached hydrogen (secondary N) is 4. The Labute approximate surface area is 821 Å². The van der Waals surface area contributed by atoms with Crippen molar-refractivity contribution < 1.29 is 81.9 Å². The highest BCUT2D eigenvalue weighted by atomic mass is 35.5. The van der Waals surface area contributed by atoms with Crippen LogP contribution in [0.4, 0.5) is 20.0 Å². The van der Waals surface area contributed by atoms with Crippen molar-refractivity contribution in [2.24, 2.45) is 0 Å². The Balaban J connectivity index is 0.000000142. The number of sulfone groups is 1. The summed E-state index contributed by atoms with van der Waals surface area (Å²) in [5, 5.41) is 79.6. The van der Waals surface area contributed by atoms with E-state index in [1.807, 2.05) is 117 Å². The molecule has 9 N–H and O–H groups in total. The molecule has 10 heterocycles. The fourth-order valence-electron chi connectivity index (χ4n) is 13.2. The van der Waals surface area contributed by atoms with Crippen LogP contribution in [-0.4, -0.2) is 93.2 Å². The number of amides is 4. The van der Waals surface area contributed by atoms with Gasteiger partial charge in [0.2, 0.25) is 9.84 Å². The van der Waals surface area contributed by atoms with Gasteiger partial charge in [-0.2, -0.15) is 11.3 Å². The highest BCUT2D eigenvalue weighted by Gasteiger charge is 2.31. The molecule has 133 heavy (non-hydrogen) atoms. The minimum Gasteiger partial charge on any atom is -0.478 e. The van der Waals surface area contributed by atoms with E-state index in [9.17, 15) is 81.9 Å². The maximum Gasteiger partial charge on any atom is 0.339 e. The fourth-order valence-corrected chi connectivity index (χ4v) is 24.7. The van der Waals surface area contributed by atoms with E-state index in [1.54, 1.807) is 171 Å². The minimum absolute atomic E-state index is 0.00362. The maximum absolute atomic E-state index is 13.1. The second-order valence-electron chi connectivity index (χ2n) is 28.9. The predicted octanol–water partition coefficient (Wildman–Crippen LogP) is 28.5. The van der Waals surface area contributed by atoms with Gasteiger partial charge in [0.1, 0.15) is 42.3 Å². The van der Waals surface area contributed by atoms with Gasteiger partial charge in [0.25, 0.3) is 23.6 Å². The second kappa shape index (κ2) is 44.1. The standard InChI is InChI=1S/C25H21NO5S3.C21H15NO3S3.C18H13ClO3S2.C17H11Cl2NO3S.C16H10ClNO3S2/c1-14-4-8-17(9-5-14)19-12-33-24(21(19)25(28)29)26-23(27)22-16(3)20(13-32-22)34(30,31)18-10-6-15(2)7-11-18;1-12-4-6-13(7-5-12)14-11-27-20(18(14)21(24)25)22-19(23)17-9-8-16(28-17)15-3-2-10-26-15;1-10-6-7-23-17(10)14(20)8-15-16(18(21)22)13(9-24-15)11-2-4-12(19)5-3-11;18-12-6-5-10(7-13(12)19)11-8-24-16(14(11)17(22)23)20-15(21)9-3-1-2-4-9;17-11-3-1-9(2-4-11)12-8-23-15(13(12)16(20)21)18-14(19)10-5-6-22-7-10/h4-13H,1-3H3,(H,26,27)(H,28,29);2-11H,1H3,(H,22,23)(H,24,25);2-7,9H,8H2,1H3,(H,21,22);1,3-8H,2H2,(H,20,21)(H,22,23);1-8H,(H,18,19)(H,20,21). The molecule has 0 saturated carbocycles. The van der Waals surface area contributed by atoms with E-state index < -0.39 is 45.6 Å². The maximum atomic E-state index is 13.1. The first-order valence-electron chi connectivity index (χ1n) is 39.2. The summed E-state index contributed by atoms with van der Waals surface area (Å²) in [5.74, 6) is -6.98. The lowest BCUT2D eigenvalue weighted by atomic mass is 10.0. The van der Waals surface area contributed by atoms with Gasteiger partial charge in [0.05, 0.1) is 45.6 Å². The van der Waals surface area contributed by atoms with E-state index in [1.165, 1.54) is 73.4 Å². The van der Waals surface area contributed by atoms with E-state index in [0.717, 1.165) is 88.3 Å². The summed E-state index contributed by atoms with van der Waals surface area (Å²) >= 11 is 36.5. The normalized spacial score (nSPS) is 11.3. The number of halogens is 4. The Kier molecular flexibility index (Phi) is 32.6. The van der Waals surface area contributed by atoms with Gasteiger partial charge >= 0.3 is 29.8 Å². The van der Waals surface area contributed by atoms with Crippen LogP contribution in [0.1, 0.15) is 130 Å². The molecule has 1 aliphatic carbocycles. The van der Waals surface area contributed by atoms with Crippen LogP contribution in [-0.2, 0) is 21.1 Å². The largest absolute Gasteiger partial charge is 0.478 e. The van der Waals surface area contributed by atoms with Crippen LogP contribution in [0.3, 0.4) is 0 Å². The molecule has 0 saturated heterocycles. The Morgan fingerprint density at radius 3 is 1.29 bits per heavy atom. The number of aryl methyl sites for hydroxylation is 4. The molecular weight excluding hydrogens is 1990 g/mol. The molecule has 0 aliphatic heterocycles. The number of thiophene rings is 10. The van der Waals surface area contributed by atoms with Crippen LogP contribution in [0, 0.1) is 34.6 Å². The number of rotatable bonds is 24. The quantitative estimate of drug-likeness (QED) is 0.0254. The SMILES string of the molecule is Cc1ccc(-c2csc(NC(=O)c3ccc(-c4cccs4)s3)c2C(=O)O)cc1.Cc1ccc(-c2csc(NC(=O)c3scc(S(=O)(=O)c4ccc(C)cc4)c3C)c2C(=O)O)cc1.Cc1ccsc1C(=O)Cc1scc(-c2ccc(Cl)cc2)c1C(=O)O.O=C(Nc1scc(-c2ccc(Cl)c(Cl)c2)c1C(=O)O)C1=CCC=C1.O=C(Nc1scc(-c2ccc(Cl)cc2)c1C(=O)O)c1ccsc1. The third-order valence-electron chi connectivity index (χ3n) is 19.9. The first-order valence-corrected chi connectivity index (χ1v) is 51.0. The number of anilines is 4. The topological polar surface area (TPSA) is 354 Å². The van der Waals surface area contributed by atoms with Crippen molar-refractivity contribution in [3.05, 3.63) is 354 Å². The highest BCUT2D eigenvalue weighted by molar-refractivity contribution is 7.91. The number of hydrogen-bond donors (Lipinski definition) is 9. The van der Waals surface area contributed by atoms with Crippen molar-refractivity contribution in [3.8, 4) is 65.4 Å². The van der Waals surface area contributed by atoms with Gasteiger partial charge in [-0.05, 0) is 180 Å². The molecule has 674 valence electrons. The van der Waals surface area contributed by atoms with Crippen LogP contribution in [0.15, 0.2) is 263 Å². The lowest BCUT2D eigenvalue weighted by Crippen LogP contribution is -2.14. The third-order valence-corrected chi connectivity index (χ3v) is 32.8. The first-order chi connectivity index (χ1) is 63.6. The smallest absolute Gasteiger partial charge is 0.339 e. The van der Waals surface area contributed by atoms with Gasteiger partial charge in [-0.25, -0.2) is 32.4 Å². The first kappa shape index (κ1) is 98.3. The molecule has 6 aromatic carbocycles. The van der Waals surface area contributed by atoms with Crippen LogP contribution < -0.4 is 21.3 Å². The molecule has 0 radical (unpaired) electrons. The Morgan fingerprint density at radius 2 is 0.842 bits per heavy atom. The zero-order chi connectivity index (χ0) is 95.2. The number of allylic oxidation sites excluding steroid dienone is 2. The molecule has 0 spiro atoms. The van der Waals surface area contributed by atoms with Crippen molar-refractivity contribution in [2.45, 2.75) is 57.3 Å². The number of Topliss-reactive ketones (excluding diaryl/α,β-unsaturated/α-hetero) is 1. The fraction of sp³-hybridized carbons (Fsp3) is 0.0722. The third kappa shape index (κ3) is 23.7. The monoisotopic (exact) mass is 2050 g/mol. The van der Waals surface area contributed by atoms with E-state index in [4.69, 9.17) is 46.4 Å². The number of carbonyl (C=O) groups excluding carboxylic acids is 5. The van der Waals surface area contributed by atoms with E-state index in [2.05, 4.69) is 21.3 Å². The van der Waals surface area contributed by atoms with Gasteiger partial charge in [0.15, 0.2) is 5.78 Å². The van der Waals surface area contributed by atoms with Gasteiger partial charge in [-0.3, -0.25) is 24.0 Å². The summed E-state index contributed by atoms with van der Waals surface area (Å²) in [7, 11) is -3.79. The van der Waals surface area contributed by atoms with Crippen molar-refractivity contribution in [1.82, 2.24) is 0 Å². The number of aromatic carboxylic acids is 5. The number of carboxylic acid groups (broad SMARTS) is 5. The lowest BCUT2D eigenvalue weighted by Gasteiger charge is -2.07. The average Bonchev–Trinajstić information content (AvgIpc) is 1.67. The number of benzene rings is 6. The summed E-state index contributed by atoms with van der Waals surface area (Å²) in [6.07, 6.45) is 6.16. The van der Waals surface area contributed by atoms with Gasteiger partial charge in [0, 0.05) is 96.8 Å². The van der Waals surface area contributed by atoms with Crippen LogP contribution >= 0.6 is 160 Å². The molecule has 21 nitrogen and oxygen atoms in total. The summed E-state index contributed by atoms with van der Waals surface area (Å²) in [5.41, 5.74) is 12.3. The summed E-state index contributed by atoms with van der Waals surface area (Å²) < 4.78 is 26.2. The zero-order valence-corrected chi connectivity index (χ0v) is 81.8. The molecule has 1 aliphatic rings. The Morgan fingerprint density at radius 1 is 0.391 bits per heavy atom. The minimum atomic E-state index is -3.79. The van der Waals surface area contributed by atoms with E-state index in [-0.39, 0.29) is 82.4 Å². The second-order valence-corrected chi connectivity index (χ2v) is 41.6. The Hall–Kier alpha value is -12.2. The number of ketones is 1. The molecule has 16 aromatic rings. The predicted molar refractivity (Wildman–Crippen MR) is 542 cm³/mol. The van der Waals surface area contributed by atoms with E-state index in [0.29, 0.717) is 101 Å². The van der Waals surface area contributed by atoms with Gasteiger partial charge in [-0.15, -0.1) is 102 Å². The van der Waals surface area contributed by atoms with Crippen molar-refractivity contribution in [1.29, 1.82) is 0 Å². The molecule has 0 unspecified atom stereocenters. The molecule has 4 amide bonds. The zero-order valence-electron chi connectivity index (χ0n) is 69.8. The van der Waals surface area contributed by atoms with Gasteiger partial charge < -0.3 is 46.8 Å². The molecular formula is C97H70Cl4N4O17S11. The molecule has 36 heteroatoms. The van der Waals surface area contributed by atoms with Crippen LogP contribution in [0.2, 0.25) is 20.1 Å². The molecule has 10 aromatic heterocycles. The van der Waals surface area contributed by atoms with E-state index >= 15 is 0 Å². The molecule has 0 fully saturated rings. The Bertz CT molecular complexity index is 7280. The molecule has 17 rings (SSSR count). The van der Waals surface area contributed by atoms with Crippen molar-refractivity contribution >= 4 is 249 Å². The summed E-state index contributed by atoms with van der Waals surface area (Å²) in [6, 6.07) is 51.7. The number of carbonyl (C=O) groups is 10. The number of hydrogen-bond acceptors (Lipinski definition) is 22. The van der Waals surface area contributed by atoms with Gasteiger partial charge in [-0.1, -0.05) is 178 Å². The lowest BCUT2D eigenvalue weighted by molar-refractivity contribution is -0.112. The van der Waals surface area contributed by atoms with Crippen molar-refractivity contribution in [2.75, 3.05) is 21.3 Å². The van der Waals surface area contributed by atoms with Crippen molar-refractivity contribution in [3.63, 3.8) is 0 Å². The van der Waals surface area contributed by atoms with Crippen LogP contribution in [0.25, 0.3) is 65.4 Å². The number of carboxylic acids is 5. The van der Waals surface area contributed by atoms with Crippen LogP contribution in [0.5, 0.6) is 0 Å². The molecule has 0 atom stereocenters. The summed E-state index contributed by atoms with van der Waals surface area (Å²) in [6.45, 7) is 9.26. The summed E-state index contributed by atoms with van der Waals surface area (Å²) in [4.78, 5) is 126. The highest BCUT2D eigenvalue weighted by Crippen LogP contribution is 2.44. The molecule has 0 bridgehead atoms. The average molecular weight is 2060 g/mol.